The van der Waals surface area contributed by atoms with Crippen molar-refractivity contribution < 1.29 is 14.3 Å². The van der Waals surface area contributed by atoms with Crippen LogP contribution < -0.4 is 14.4 Å². The third kappa shape index (κ3) is 5.98. The van der Waals surface area contributed by atoms with Crippen LogP contribution in [0.4, 0.5) is 5.69 Å². The van der Waals surface area contributed by atoms with Gasteiger partial charge in [-0.3, -0.25) is 14.7 Å². The van der Waals surface area contributed by atoms with Crippen LogP contribution in [0.5, 0.6) is 11.5 Å². The van der Waals surface area contributed by atoms with Crippen molar-refractivity contribution in [1.29, 1.82) is 0 Å². The molecular weight excluding hydrogens is 426 g/mol. The molecule has 0 spiro atoms. The summed E-state index contributed by atoms with van der Waals surface area (Å²) in [7, 11) is 0. The minimum atomic E-state index is 0.153. The number of pyridine rings is 1. The molecule has 0 N–H and O–H groups in total. The number of amides is 1. The second kappa shape index (κ2) is 11.5. The predicted molar refractivity (Wildman–Crippen MR) is 135 cm³/mol. The number of nitrogens with zero attached hydrogens (tertiary/aromatic N) is 3. The number of unbranched alkanes of at least 4 members (excludes halogenated alkanes) is 1. The van der Waals surface area contributed by atoms with Gasteiger partial charge in [-0.05, 0) is 75.3 Å². The smallest absolute Gasteiger partial charge is 0.241 e. The number of hydrogen-bond donors (Lipinski definition) is 0. The van der Waals surface area contributed by atoms with E-state index >= 15 is 0 Å². The van der Waals surface area contributed by atoms with Crippen LogP contribution in [0.2, 0.25) is 0 Å². The molecule has 6 heteroatoms. The number of rotatable bonds is 10. The predicted octanol–water partition coefficient (Wildman–Crippen LogP) is 5.55. The van der Waals surface area contributed by atoms with Crippen molar-refractivity contribution >= 4 is 11.6 Å². The Balaban J connectivity index is 1.50. The van der Waals surface area contributed by atoms with Gasteiger partial charge in [0.15, 0.2) is 11.5 Å². The largest absolute Gasteiger partial charge is 0.454 e. The van der Waals surface area contributed by atoms with Gasteiger partial charge < -0.3 is 14.4 Å². The first-order valence-electron chi connectivity index (χ1n) is 12.5. The highest BCUT2D eigenvalue weighted by atomic mass is 16.7. The normalized spacial score (nSPS) is 19.3. The van der Waals surface area contributed by atoms with Crippen LogP contribution in [0.3, 0.4) is 0 Å². The fourth-order valence-electron chi connectivity index (χ4n) is 4.94. The first-order chi connectivity index (χ1) is 16.5. The zero-order valence-electron chi connectivity index (χ0n) is 20.7. The zero-order chi connectivity index (χ0) is 23.9. The highest BCUT2D eigenvalue weighted by molar-refractivity contribution is 5.94. The molecule has 4 rings (SSSR count). The Morgan fingerprint density at radius 2 is 2.09 bits per heavy atom. The van der Waals surface area contributed by atoms with Crippen molar-refractivity contribution in [3.8, 4) is 11.5 Å². The summed E-state index contributed by atoms with van der Waals surface area (Å²) in [6.07, 6.45) is 11.0. The standard InChI is InChI=1S/C28H37N3O3/c1-4-5-14-31(25-10-7-13-29-17-25)28(32)19-30-18-23(15-24(30)9-6-8-21(2)3)22-11-12-26-27(16-22)34-20-33-26/h7-8,10-13,16-17,23-24H,4-6,9,14-15,18-20H2,1-3H3. The molecule has 34 heavy (non-hydrogen) atoms. The molecule has 6 nitrogen and oxygen atoms in total. The fraction of sp³-hybridized carbons (Fsp3) is 0.500. The van der Waals surface area contributed by atoms with Gasteiger partial charge in [0.05, 0.1) is 18.4 Å². The maximum absolute atomic E-state index is 13.5. The Morgan fingerprint density at radius 1 is 1.24 bits per heavy atom. The van der Waals surface area contributed by atoms with Gasteiger partial charge in [0.2, 0.25) is 12.7 Å². The van der Waals surface area contributed by atoms with Gasteiger partial charge in [-0.25, -0.2) is 0 Å². The molecular formula is C28H37N3O3. The van der Waals surface area contributed by atoms with E-state index in [2.05, 4.69) is 48.9 Å². The molecule has 1 aromatic carbocycles. The lowest BCUT2D eigenvalue weighted by Gasteiger charge is -2.28. The van der Waals surface area contributed by atoms with Crippen LogP contribution in [0.25, 0.3) is 0 Å². The average molecular weight is 464 g/mol. The van der Waals surface area contributed by atoms with E-state index in [0.29, 0.717) is 18.5 Å². The number of hydrogen-bond acceptors (Lipinski definition) is 5. The Hall–Kier alpha value is -2.86. The first-order valence-corrected chi connectivity index (χ1v) is 12.5. The van der Waals surface area contributed by atoms with Crippen LogP contribution in [-0.2, 0) is 4.79 Å². The second-order valence-corrected chi connectivity index (χ2v) is 9.60. The summed E-state index contributed by atoms with van der Waals surface area (Å²) in [6.45, 7) is 8.76. The molecule has 2 aliphatic rings. The number of carbonyl (C=O) groups excluding carboxylic acids is 1. The molecule has 0 radical (unpaired) electrons. The molecule has 2 aromatic rings. The van der Waals surface area contributed by atoms with Crippen molar-refractivity contribution in [3.05, 3.63) is 59.9 Å². The summed E-state index contributed by atoms with van der Waals surface area (Å²) in [5.74, 6) is 2.17. The van der Waals surface area contributed by atoms with Gasteiger partial charge in [0.1, 0.15) is 0 Å². The summed E-state index contributed by atoms with van der Waals surface area (Å²) in [5.41, 5.74) is 3.49. The lowest BCUT2D eigenvalue weighted by atomic mass is 9.94. The molecule has 1 amide bonds. The SMILES string of the molecule is CCCCN(C(=O)CN1CC(c2ccc3c(c2)OCO3)CC1CCC=C(C)C)c1cccnc1. The lowest BCUT2D eigenvalue weighted by molar-refractivity contribution is -0.120. The number of allylic oxidation sites excluding steroid dienone is 2. The van der Waals surface area contributed by atoms with E-state index in [1.807, 2.05) is 23.1 Å². The zero-order valence-corrected chi connectivity index (χ0v) is 20.7. The van der Waals surface area contributed by atoms with Crippen LogP contribution in [0.1, 0.15) is 64.4 Å². The fourth-order valence-corrected chi connectivity index (χ4v) is 4.94. The number of anilines is 1. The van der Waals surface area contributed by atoms with Gasteiger partial charge in [-0.2, -0.15) is 0 Å². The minimum absolute atomic E-state index is 0.153. The summed E-state index contributed by atoms with van der Waals surface area (Å²) in [4.78, 5) is 22.1. The van der Waals surface area contributed by atoms with E-state index in [1.165, 1.54) is 11.1 Å². The van der Waals surface area contributed by atoms with E-state index < -0.39 is 0 Å². The Morgan fingerprint density at radius 3 is 2.85 bits per heavy atom. The molecule has 182 valence electrons. The van der Waals surface area contributed by atoms with Crippen molar-refractivity contribution in [1.82, 2.24) is 9.88 Å². The molecule has 2 aliphatic heterocycles. The molecule has 2 unspecified atom stereocenters. The number of likely N-dealkylation sites (tertiary alicyclic amines) is 1. The van der Waals surface area contributed by atoms with E-state index in [0.717, 1.165) is 62.4 Å². The molecule has 1 aromatic heterocycles. The van der Waals surface area contributed by atoms with Gasteiger partial charge in [0.25, 0.3) is 0 Å². The second-order valence-electron chi connectivity index (χ2n) is 9.60. The number of carbonyl (C=O) groups is 1. The quantitative estimate of drug-likeness (QED) is 0.433. The van der Waals surface area contributed by atoms with Crippen LogP contribution >= 0.6 is 0 Å². The van der Waals surface area contributed by atoms with Crippen LogP contribution in [0.15, 0.2) is 54.4 Å². The lowest BCUT2D eigenvalue weighted by Crippen LogP contribution is -2.43. The Labute approximate surface area is 203 Å². The van der Waals surface area contributed by atoms with E-state index in [-0.39, 0.29) is 12.7 Å². The number of ether oxygens (including phenoxy) is 2. The van der Waals surface area contributed by atoms with Crippen LogP contribution in [0, 0.1) is 0 Å². The third-order valence-electron chi connectivity index (χ3n) is 6.78. The minimum Gasteiger partial charge on any atom is -0.454 e. The van der Waals surface area contributed by atoms with Gasteiger partial charge in [-0.15, -0.1) is 0 Å². The molecule has 0 aliphatic carbocycles. The Kier molecular flexibility index (Phi) is 8.22. The van der Waals surface area contributed by atoms with Crippen molar-refractivity contribution in [2.24, 2.45) is 0 Å². The topological polar surface area (TPSA) is 54.9 Å². The van der Waals surface area contributed by atoms with E-state index in [4.69, 9.17) is 9.47 Å². The van der Waals surface area contributed by atoms with Crippen molar-refractivity contribution in [2.75, 3.05) is 31.3 Å². The molecule has 0 saturated carbocycles. The highest BCUT2D eigenvalue weighted by Gasteiger charge is 2.35. The summed E-state index contributed by atoms with van der Waals surface area (Å²) < 4.78 is 11.1. The van der Waals surface area contributed by atoms with Gasteiger partial charge >= 0.3 is 0 Å². The van der Waals surface area contributed by atoms with E-state index in [1.54, 1.807) is 12.4 Å². The molecule has 1 saturated heterocycles. The monoisotopic (exact) mass is 463 g/mol. The third-order valence-corrected chi connectivity index (χ3v) is 6.78. The highest BCUT2D eigenvalue weighted by Crippen LogP contribution is 2.39. The average Bonchev–Trinajstić information content (AvgIpc) is 3.46. The molecule has 0 bridgehead atoms. The summed E-state index contributed by atoms with van der Waals surface area (Å²) in [6, 6.07) is 10.5. The summed E-state index contributed by atoms with van der Waals surface area (Å²) in [5, 5.41) is 0. The van der Waals surface area contributed by atoms with Gasteiger partial charge in [-0.1, -0.05) is 31.1 Å². The molecule has 1 fully saturated rings. The molecule has 3 heterocycles. The number of fused-ring (bicyclic) bond motifs is 1. The number of benzene rings is 1. The summed E-state index contributed by atoms with van der Waals surface area (Å²) >= 11 is 0. The van der Waals surface area contributed by atoms with E-state index in [9.17, 15) is 4.79 Å². The van der Waals surface area contributed by atoms with Gasteiger partial charge in [0, 0.05) is 25.3 Å². The number of aromatic nitrogens is 1. The van der Waals surface area contributed by atoms with Crippen molar-refractivity contribution in [2.45, 2.75) is 64.8 Å². The Bertz CT molecular complexity index is 988. The van der Waals surface area contributed by atoms with Crippen molar-refractivity contribution in [3.63, 3.8) is 0 Å². The first kappa shape index (κ1) is 24.3. The molecule has 2 atom stereocenters. The maximum atomic E-state index is 13.5. The maximum Gasteiger partial charge on any atom is 0.241 e. The van der Waals surface area contributed by atoms with Crippen LogP contribution in [-0.4, -0.2) is 48.3 Å².